The minimum absolute atomic E-state index is 0.130. The number of para-hydroxylation sites is 1. The number of pyridine rings is 1. The summed E-state index contributed by atoms with van der Waals surface area (Å²) >= 11 is 0. The molecule has 1 aliphatic heterocycles. The average Bonchev–Trinajstić information content (AvgIpc) is 2.69. The minimum Gasteiger partial charge on any atom is -0.336 e. The minimum atomic E-state index is 0.130. The molecule has 27 heavy (non-hydrogen) atoms. The molecule has 0 saturated carbocycles. The Labute approximate surface area is 161 Å². The van der Waals surface area contributed by atoms with Gasteiger partial charge in [0.15, 0.2) is 0 Å². The lowest BCUT2D eigenvalue weighted by Crippen LogP contribution is -2.42. The Bertz CT molecular complexity index is 1010. The van der Waals surface area contributed by atoms with Crippen LogP contribution in [0.2, 0.25) is 0 Å². The van der Waals surface area contributed by atoms with Crippen molar-refractivity contribution in [2.24, 2.45) is 0 Å². The quantitative estimate of drug-likeness (QED) is 0.603. The van der Waals surface area contributed by atoms with Gasteiger partial charge in [0.25, 0.3) is 5.91 Å². The number of aryl methyl sites for hydroxylation is 2. The maximum atomic E-state index is 13.4. The Morgan fingerprint density at radius 2 is 1.85 bits per heavy atom. The third-order valence-electron chi connectivity index (χ3n) is 5.81. The summed E-state index contributed by atoms with van der Waals surface area (Å²) in [6.45, 7) is 7.22. The molecule has 2 aromatic carbocycles. The van der Waals surface area contributed by atoms with Crippen LogP contribution in [-0.2, 0) is 0 Å². The lowest BCUT2D eigenvalue weighted by molar-refractivity contribution is 0.0637. The van der Waals surface area contributed by atoms with Gasteiger partial charge in [-0.15, -0.1) is 0 Å². The van der Waals surface area contributed by atoms with Crippen LogP contribution in [0.15, 0.2) is 48.5 Å². The van der Waals surface area contributed by atoms with E-state index in [2.05, 4.69) is 39.0 Å². The summed E-state index contributed by atoms with van der Waals surface area (Å²) in [6, 6.07) is 16.6. The van der Waals surface area contributed by atoms with Crippen molar-refractivity contribution in [2.75, 3.05) is 6.54 Å². The fraction of sp³-hybridized carbons (Fsp3) is 0.333. The third kappa shape index (κ3) is 3.34. The van der Waals surface area contributed by atoms with Crippen molar-refractivity contribution in [3.05, 3.63) is 65.2 Å². The summed E-state index contributed by atoms with van der Waals surface area (Å²) in [4.78, 5) is 20.3. The molecule has 0 radical (unpaired) electrons. The number of nitrogens with zero attached hydrogens (tertiary/aromatic N) is 2. The first-order chi connectivity index (χ1) is 13.0. The molecule has 1 aromatic heterocycles. The van der Waals surface area contributed by atoms with Gasteiger partial charge in [0.2, 0.25) is 0 Å². The molecule has 0 unspecified atom stereocenters. The standard InChI is InChI=1S/C24H26N2O/c1-16-11-12-19(14-17(16)2)23-15-21(20-9-4-5-10-22(20)25-23)24(27)26-13-7-6-8-18(26)3/h4-5,9-12,14-15,18H,6-8,13H2,1-3H3/t18-/m1/s1. The molecule has 1 fully saturated rings. The Balaban J connectivity index is 1.86. The lowest BCUT2D eigenvalue weighted by Gasteiger charge is -2.33. The molecule has 1 amide bonds. The number of benzene rings is 2. The number of amides is 1. The van der Waals surface area contributed by atoms with E-state index in [1.165, 1.54) is 17.5 Å². The van der Waals surface area contributed by atoms with Gasteiger partial charge >= 0.3 is 0 Å². The predicted molar refractivity (Wildman–Crippen MR) is 111 cm³/mol. The number of piperidine rings is 1. The van der Waals surface area contributed by atoms with E-state index in [-0.39, 0.29) is 5.91 Å². The van der Waals surface area contributed by atoms with Crippen molar-refractivity contribution in [1.29, 1.82) is 0 Å². The van der Waals surface area contributed by atoms with Crippen LogP contribution >= 0.6 is 0 Å². The summed E-state index contributed by atoms with van der Waals surface area (Å²) < 4.78 is 0. The molecule has 3 heteroatoms. The second kappa shape index (κ2) is 7.15. The SMILES string of the molecule is Cc1ccc(-c2cc(C(=O)N3CCCC[C@H]3C)c3ccccc3n2)cc1C. The summed E-state index contributed by atoms with van der Waals surface area (Å²) in [5.74, 6) is 0.130. The van der Waals surface area contributed by atoms with Crippen LogP contribution in [0.4, 0.5) is 0 Å². The fourth-order valence-electron chi connectivity index (χ4n) is 3.96. The van der Waals surface area contributed by atoms with Crippen LogP contribution in [0, 0.1) is 13.8 Å². The number of fused-ring (bicyclic) bond motifs is 1. The van der Waals surface area contributed by atoms with Gasteiger partial charge in [0, 0.05) is 23.5 Å². The number of rotatable bonds is 2. The Morgan fingerprint density at radius 1 is 1.04 bits per heavy atom. The Kier molecular flexibility index (Phi) is 4.69. The maximum Gasteiger partial charge on any atom is 0.254 e. The number of likely N-dealkylation sites (tertiary alicyclic amines) is 1. The van der Waals surface area contributed by atoms with Crippen molar-refractivity contribution < 1.29 is 4.79 Å². The first kappa shape index (κ1) is 17.7. The summed E-state index contributed by atoms with van der Waals surface area (Å²) in [5, 5.41) is 0.938. The summed E-state index contributed by atoms with van der Waals surface area (Å²) in [7, 11) is 0. The molecule has 138 valence electrons. The van der Waals surface area contributed by atoms with E-state index < -0.39 is 0 Å². The van der Waals surface area contributed by atoms with Gasteiger partial charge in [-0.2, -0.15) is 0 Å². The smallest absolute Gasteiger partial charge is 0.254 e. The van der Waals surface area contributed by atoms with Crippen LogP contribution in [0.1, 0.15) is 47.7 Å². The zero-order valence-corrected chi connectivity index (χ0v) is 16.3. The van der Waals surface area contributed by atoms with Gasteiger partial charge in [-0.05, 0) is 69.4 Å². The van der Waals surface area contributed by atoms with Crippen molar-refractivity contribution in [3.63, 3.8) is 0 Å². The molecular formula is C24H26N2O. The normalized spacial score (nSPS) is 17.3. The second-order valence-corrected chi connectivity index (χ2v) is 7.71. The first-order valence-corrected chi connectivity index (χ1v) is 9.83. The molecule has 0 aliphatic carbocycles. The monoisotopic (exact) mass is 358 g/mol. The molecule has 3 aromatic rings. The topological polar surface area (TPSA) is 33.2 Å². The van der Waals surface area contributed by atoms with Crippen molar-refractivity contribution in [2.45, 2.75) is 46.1 Å². The van der Waals surface area contributed by atoms with Gasteiger partial charge < -0.3 is 4.90 Å². The van der Waals surface area contributed by atoms with Gasteiger partial charge in [-0.25, -0.2) is 4.98 Å². The molecule has 2 heterocycles. The molecule has 4 rings (SSSR count). The Hall–Kier alpha value is -2.68. The molecule has 0 spiro atoms. The maximum absolute atomic E-state index is 13.4. The number of hydrogen-bond donors (Lipinski definition) is 0. The van der Waals surface area contributed by atoms with Crippen molar-refractivity contribution >= 4 is 16.8 Å². The van der Waals surface area contributed by atoms with E-state index in [1.54, 1.807) is 0 Å². The fourth-order valence-corrected chi connectivity index (χ4v) is 3.96. The van der Waals surface area contributed by atoms with Crippen LogP contribution in [0.5, 0.6) is 0 Å². The summed E-state index contributed by atoms with van der Waals surface area (Å²) in [6.07, 6.45) is 3.37. The van der Waals surface area contributed by atoms with Gasteiger partial charge in [0.05, 0.1) is 16.8 Å². The van der Waals surface area contributed by atoms with E-state index in [9.17, 15) is 4.79 Å². The van der Waals surface area contributed by atoms with Gasteiger partial charge in [0.1, 0.15) is 0 Å². The van der Waals surface area contributed by atoms with E-state index >= 15 is 0 Å². The van der Waals surface area contributed by atoms with Crippen molar-refractivity contribution in [3.8, 4) is 11.3 Å². The zero-order valence-electron chi connectivity index (χ0n) is 16.3. The van der Waals surface area contributed by atoms with E-state index in [1.807, 2.05) is 35.2 Å². The molecule has 1 saturated heterocycles. The van der Waals surface area contributed by atoms with Crippen LogP contribution in [0.25, 0.3) is 22.2 Å². The molecule has 3 nitrogen and oxygen atoms in total. The molecule has 1 aliphatic rings. The zero-order chi connectivity index (χ0) is 19.0. The number of carbonyl (C=O) groups excluding carboxylic acids is 1. The van der Waals surface area contributed by atoms with E-state index in [0.29, 0.717) is 6.04 Å². The van der Waals surface area contributed by atoms with Crippen molar-refractivity contribution in [1.82, 2.24) is 9.88 Å². The van der Waals surface area contributed by atoms with Crippen LogP contribution in [-0.4, -0.2) is 28.4 Å². The van der Waals surface area contributed by atoms with Crippen LogP contribution in [0.3, 0.4) is 0 Å². The summed E-state index contributed by atoms with van der Waals surface area (Å²) in [5.41, 5.74) is 6.07. The third-order valence-corrected chi connectivity index (χ3v) is 5.81. The van der Waals surface area contributed by atoms with E-state index in [4.69, 9.17) is 4.98 Å². The second-order valence-electron chi connectivity index (χ2n) is 7.71. The highest BCUT2D eigenvalue weighted by molar-refractivity contribution is 6.07. The number of carbonyl (C=O) groups is 1. The predicted octanol–water partition coefficient (Wildman–Crippen LogP) is 5.53. The highest BCUT2D eigenvalue weighted by Crippen LogP contribution is 2.28. The highest BCUT2D eigenvalue weighted by Gasteiger charge is 2.26. The van der Waals surface area contributed by atoms with Gasteiger partial charge in [-0.3, -0.25) is 4.79 Å². The molecule has 1 atom stereocenters. The number of hydrogen-bond acceptors (Lipinski definition) is 2. The first-order valence-electron chi connectivity index (χ1n) is 9.83. The molecule has 0 N–H and O–H groups in total. The highest BCUT2D eigenvalue weighted by atomic mass is 16.2. The molecular weight excluding hydrogens is 332 g/mol. The van der Waals surface area contributed by atoms with E-state index in [0.717, 1.165) is 47.1 Å². The van der Waals surface area contributed by atoms with Crippen LogP contribution < -0.4 is 0 Å². The lowest BCUT2D eigenvalue weighted by atomic mass is 9.98. The molecule has 0 bridgehead atoms. The average molecular weight is 358 g/mol. The number of aromatic nitrogens is 1. The Morgan fingerprint density at radius 3 is 2.63 bits per heavy atom. The largest absolute Gasteiger partial charge is 0.336 e. The van der Waals surface area contributed by atoms with Gasteiger partial charge in [-0.1, -0.05) is 30.3 Å².